The number of halogens is 1. The number of nitrogens with one attached hydrogen (secondary N) is 1. The van der Waals surface area contributed by atoms with E-state index in [1.807, 2.05) is 0 Å². The highest BCUT2D eigenvalue weighted by Crippen LogP contribution is 2.27. The molecular formula is C12H14FNO4S. The van der Waals surface area contributed by atoms with Gasteiger partial charge in [-0.05, 0) is 24.6 Å². The molecule has 0 aliphatic carbocycles. The largest absolute Gasteiger partial charge is 0.480 e. The summed E-state index contributed by atoms with van der Waals surface area (Å²) < 4.78 is 36.8. The Morgan fingerprint density at radius 3 is 2.47 bits per heavy atom. The number of carboxylic acid groups (broad SMARTS) is 1. The van der Waals surface area contributed by atoms with Crippen LogP contribution >= 0.6 is 0 Å². The van der Waals surface area contributed by atoms with E-state index >= 15 is 0 Å². The Morgan fingerprint density at radius 2 is 1.95 bits per heavy atom. The highest BCUT2D eigenvalue weighted by Gasteiger charge is 2.41. The molecule has 1 fully saturated rings. The number of carbonyl (C=O) groups is 1. The zero-order valence-electron chi connectivity index (χ0n) is 10.2. The van der Waals surface area contributed by atoms with Crippen molar-refractivity contribution in [1.82, 2.24) is 5.32 Å². The lowest BCUT2D eigenvalue weighted by Gasteiger charge is -2.34. The van der Waals surface area contributed by atoms with Crippen molar-refractivity contribution in [2.75, 3.05) is 5.75 Å². The summed E-state index contributed by atoms with van der Waals surface area (Å²) in [6.45, 7) is 1.52. The Hall–Kier alpha value is -1.47. The van der Waals surface area contributed by atoms with Crippen molar-refractivity contribution >= 4 is 15.8 Å². The second-order valence-corrected chi connectivity index (χ2v) is 7.02. The molecule has 104 valence electrons. The van der Waals surface area contributed by atoms with Gasteiger partial charge in [-0.25, -0.2) is 12.8 Å². The molecule has 0 aromatic heterocycles. The second-order valence-electron chi connectivity index (χ2n) is 4.62. The maximum atomic E-state index is 12.9. The third-order valence-electron chi connectivity index (χ3n) is 3.34. The zero-order chi connectivity index (χ0) is 14.2. The van der Waals surface area contributed by atoms with Crippen LogP contribution < -0.4 is 5.32 Å². The van der Waals surface area contributed by atoms with E-state index in [0.29, 0.717) is 5.56 Å². The molecule has 0 spiro atoms. The molecule has 1 aliphatic rings. The van der Waals surface area contributed by atoms with E-state index in [1.54, 1.807) is 0 Å². The summed E-state index contributed by atoms with van der Waals surface area (Å²) in [7, 11) is -3.50. The van der Waals surface area contributed by atoms with E-state index in [2.05, 4.69) is 5.32 Å². The Balaban J connectivity index is 2.37. The predicted molar refractivity (Wildman–Crippen MR) is 66.9 cm³/mol. The molecule has 19 heavy (non-hydrogen) atoms. The van der Waals surface area contributed by atoms with E-state index in [1.165, 1.54) is 31.2 Å². The van der Waals surface area contributed by atoms with Crippen LogP contribution in [0.4, 0.5) is 4.39 Å². The molecule has 2 N–H and O–H groups in total. The number of carboxylic acids is 1. The summed E-state index contributed by atoms with van der Waals surface area (Å²) in [6.07, 6.45) is 0. The molecule has 7 heteroatoms. The van der Waals surface area contributed by atoms with Gasteiger partial charge < -0.3 is 5.11 Å². The predicted octanol–water partition coefficient (Wildman–Crippen LogP) is 0.726. The van der Waals surface area contributed by atoms with Crippen LogP contribution in [0.2, 0.25) is 0 Å². The molecule has 1 heterocycles. The first-order valence-corrected chi connectivity index (χ1v) is 7.48. The van der Waals surface area contributed by atoms with Crippen LogP contribution in [-0.2, 0) is 14.6 Å². The highest BCUT2D eigenvalue weighted by molar-refractivity contribution is 7.92. The fraction of sp³-hybridized carbons (Fsp3) is 0.417. The van der Waals surface area contributed by atoms with Crippen molar-refractivity contribution in [3.8, 4) is 0 Å². The highest BCUT2D eigenvalue weighted by atomic mass is 32.2. The molecule has 5 nitrogen and oxygen atoms in total. The average molecular weight is 287 g/mol. The Morgan fingerprint density at radius 1 is 1.37 bits per heavy atom. The van der Waals surface area contributed by atoms with Crippen molar-refractivity contribution < 1.29 is 22.7 Å². The quantitative estimate of drug-likeness (QED) is 0.837. The van der Waals surface area contributed by atoms with Gasteiger partial charge in [0.25, 0.3) is 0 Å². The summed E-state index contributed by atoms with van der Waals surface area (Å²) in [5.74, 6) is -2.06. The van der Waals surface area contributed by atoms with E-state index in [4.69, 9.17) is 5.11 Å². The Bertz CT molecular complexity index is 584. The summed E-state index contributed by atoms with van der Waals surface area (Å²) >= 11 is 0. The second kappa shape index (κ2) is 4.90. The van der Waals surface area contributed by atoms with E-state index in [9.17, 15) is 17.6 Å². The number of sulfone groups is 1. The van der Waals surface area contributed by atoms with Crippen molar-refractivity contribution in [3.63, 3.8) is 0 Å². The third-order valence-corrected chi connectivity index (χ3v) is 5.55. The monoisotopic (exact) mass is 287 g/mol. The molecule has 1 saturated heterocycles. The van der Waals surface area contributed by atoms with Gasteiger partial charge in [0.1, 0.15) is 11.9 Å². The van der Waals surface area contributed by atoms with Gasteiger partial charge in [-0.1, -0.05) is 12.1 Å². The maximum Gasteiger partial charge on any atom is 0.321 e. The van der Waals surface area contributed by atoms with Crippen LogP contribution in [-0.4, -0.2) is 36.5 Å². The summed E-state index contributed by atoms with van der Waals surface area (Å²) in [5, 5.41) is 11.0. The van der Waals surface area contributed by atoms with Crippen molar-refractivity contribution in [3.05, 3.63) is 35.6 Å². The average Bonchev–Trinajstić information content (AvgIpc) is 2.33. The lowest BCUT2D eigenvalue weighted by molar-refractivity contribution is -0.139. The Kier molecular flexibility index (Phi) is 3.60. The lowest BCUT2D eigenvalue weighted by atomic mass is 10.0. The molecule has 2 rings (SSSR count). The van der Waals surface area contributed by atoms with Crippen LogP contribution in [0.5, 0.6) is 0 Å². The van der Waals surface area contributed by atoms with Gasteiger partial charge in [0.2, 0.25) is 0 Å². The Labute approximate surface area is 110 Å². The van der Waals surface area contributed by atoms with Crippen molar-refractivity contribution in [1.29, 1.82) is 0 Å². The maximum absolute atomic E-state index is 12.9. The summed E-state index contributed by atoms with van der Waals surface area (Å²) in [5.41, 5.74) is 0.559. The molecule has 3 unspecified atom stereocenters. The molecular weight excluding hydrogens is 273 g/mol. The van der Waals surface area contributed by atoms with Crippen molar-refractivity contribution in [2.24, 2.45) is 0 Å². The van der Waals surface area contributed by atoms with Gasteiger partial charge >= 0.3 is 5.97 Å². The minimum Gasteiger partial charge on any atom is -0.480 e. The van der Waals surface area contributed by atoms with Gasteiger partial charge in [0.15, 0.2) is 9.84 Å². The van der Waals surface area contributed by atoms with Crippen molar-refractivity contribution in [2.45, 2.75) is 24.3 Å². The normalized spacial score (nSPS) is 29.9. The first-order valence-electron chi connectivity index (χ1n) is 5.77. The van der Waals surface area contributed by atoms with Gasteiger partial charge in [0.05, 0.1) is 11.0 Å². The van der Waals surface area contributed by atoms with Crippen LogP contribution in [0, 0.1) is 5.82 Å². The molecule has 0 saturated carbocycles. The summed E-state index contributed by atoms with van der Waals surface area (Å²) in [4.78, 5) is 11.0. The molecule has 3 atom stereocenters. The first-order chi connectivity index (χ1) is 8.81. The first kappa shape index (κ1) is 14.0. The minimum atomic E-state index is -3.50. The number of hydrogen-bond donors (Lipinski definition) is 2. The third kappa shape index (κ3) is 2.76. The van der Waals surface area contributed by atoms with Crippen LogP contribution in [0.25, 0.3) is 0 Å². The van der Waals surface area contributed by atoms with Gasteiger partial charge in [-0.2, -0.15) is 0 Å². The van der Waals surface area contributed by atoms with Crippen LogP contribution in [0.15, 0.2) is 24.3 Å². The van der Waals surface area contributed by atoms with Gasteiger partial charge in [0, 0.05) is 6.04 Å². The molecule has 0 radical (unpaired) electrons. The molecule has 0 amide bonds. The fourth-order valence-corrected chi connectivity index (χ4v) is 3.83. The smallest absolute Gasteiger partial charge is 0.321 e. The van der Waals surface area contributed by atoms with Crippen LogP contribution in [0.1, 0.15) is 18.5 Å². The number of benzene rings is 1. The van der Waals surface area contributed by atoms with E-state index in [0.717, 1.165) is 0 Å². The van der Waals surface area contributed by atoms with Crippen LogP contribution in [0.3, 0.4) is 0 Å². The fourth-order valence-electron chi connectivity index (χ4n) is 2.17. The summed E-state index contributed by atoms with van der Waals surface area (Å²) in [6, 6.07) is 3.57. The molecule has 0 bridgehead atoms. The number of aliphatic carboxylic acids is 1. The van der Waals surface area contributed by atoms with E-state index < -0.39 is 44.7 Å². The zero-order valence-corrected chi connectivity index (χ0v) is 11.0. The lowest BCUT2D eigenvalue weighted by Crippen LogP contribution is -2.54. The van der Waals surface area contributed by atoms with E-state index in [-0.39, 0.29) is 0 Å². The molecule has 1 aromatic rings. The number of hydrogen-bond acceptors (Lipinski definition) is 4. The van der Waals surface area contributed by atoms with Gasteiger partial charge in [-0.3, -0.25) is 10.1 Å². The minimum absolute atomic E-state index is 0.426. The molecule has 1 aromatic carbocycles. The topological polar surface area (TPSA) is 83.5 Å². The van der Waals surface area contributed by atoms with Gasteiger partial charge in [-0.15, -0.1) is 0 Å². The molecule has 1 aliphatic heterocycles. The SMILES string of the molecule is CC1C(c2ccc(F)cc2)NC(C(=O)O)CS1(=O)=O. The number of rotatable bonds is 2. The standard InChI is InChI=1S/C12H14FNO4S/c1-7-11(8-2-4-9(13)5-3-8)14-10(12(15)16)6-19(7,17)18/h2-5,7,10-11,14H,6H2,1H3,(H,15,16).